The lowest BCUT2D eigenvalue weighted by molar-refractivity contribution is 0.370. The number of halogens is 2. The summed E-state index contributed by atoms with van der Waals surface area (Å²) >= 11 is 0. The summed E-state index contributed by atoms with van der Waals surface area (Å²) in [7, 11) is 0. The number of hydrogen-bond acceptors (Lipinski definition) is 1. The molecule has 1 aromatic rings. The van der Waals surface area contributed by atoms with Gasteiger partial charge in [0.25, 0.3) is 0 Å². The van der Waals surface area contributed by atoms with E-state index >= 15 is 0 Å². The highest BCUT2D eigenvalue weighted by atomic mass is 19.2. The average Bonchev–Trinajstić information content (AvgIpc) is 2.42. The number of benzene rings is 1. The van der Waals surface area contributed by atoms with Crippen molar-refractivity contribution >= 4 is 0 Å². The van der Waals surface area contributed by atoms with Gasteiger partial charge in [0, 0.05) is 12.1 Å². The van der Waals surface area contributed by atoms with Crippen LogP contribution < -0.4 is 5.32 Å². The fraction of sp³-hybridized carbons (Fsp3) is 0.455. The predicted octanol–water partition coefficient (Wildman–Crippen LogP) is 2.83. The third kappa shape index (κ3) is 1.02. The van der Waals surface area contributed by atoms with E-state index in [1.54, 1.807) is 0 Å². The molecule has 2 atom stereocenters. The first-order valence-corrected chi connectivity index (χ1v) is 5.00. The Morgan fingerprint density at radius 2 is 1.50 bits per heavy atom. The Morgan fingerprint density at radius 3 is 2.00 bits per heavy atom. The van der Waals surface area contributed by atoms with Crippen molar-refractivity contribution in [1.82, 2.24) is 5.32 Å². The van der Waals surface area contributed by atoms with Gasteiger partial charge in [-0.1, -0.05) is 0 Å². The summed E-state index contributed by atoms with van der Waals surface area (Å²) in [5.41, 5.74) is 1.93. The highest BCUT2D eigenvalue weighted by molar-refractivity contribution is 5.39. The first-order chi connectivity index (χ1) is 6.75. The molecule has 0 radical (unpaired) electrons. The number of nitrogens with one attached hydrogen (secondary N) is 1. The molecule has 0 aromatic heterocycles. The molecular weight excluding hydrogens is 184 g/mol. The Bertz CT molecular complexity index is 354. The molecular formula is C11H11F2N. The molecule has 2 heterocycles. The zero-order valence-electron chi connectivity index (χ0n) is 7.69. The van der Waals surface area contributed by atoms with Gasteiger partial charge in [-0.25, -0.2) is 8.78 Å². The van der Waals surface area contributed by atoms with E-state index in [0.29, 0.717) is 0 Å². The van der Waals surface area contributed by atoms with Crippen LogP contribution in [0.1, 0.15) is 42.5 Å². The molecule has 2 aliphatic heterocycles. The molecule has 1 aromatic carbocycles. The molecule has 74 valence electrons. The molecule has 2 bridgehead atoms. The predicted molar refractivity (Wildman–Crippen MR) is 48.8 cm³/mol. The summed E-state index contributed by atoms with van der Waals surface area (Å²) < 4.78 is 26.1. The van der Waals surface area contributed by atoms with Crippen LogP contribution in [0.2, 0.25) is 0 Å². The minimum atomic E-state index is -0.724. The molecule has 14 heavy (non-hydrogen) atoms. The Balaban J connectivity index is 2.17. The molecule has 0 saturated carbocycles. The molecule has 2 aliphatic rings. The maximum absolute atomic E-state index is 13.0. The molecule has 3 heteroatoms. The maximum atomic E-state index is 13.0. The SMILES string of the molecule is Fc1cc2c(cc1F)C1CCCC2N1. The molecule has 2 unspecified atom stereocenters. The van der Waals surface area contributed by atoms with E-state index in [9.17, 15) is 8.78 Å². The molecule has 1 nitrogen and oxygen atoms in total. The van der Waals surface area contributed by atoms with Crippen molar-refractivity contribution in [2.45, 2.75) is 31.3 Å². The van der Waals surface area contributed by atoms with Gasteiger partial charge >= 0.3 is 0 Å². The average molecular weight is 195 g/mol. The van der Waals surface area contributed by atoms with Crippen LogP contribution in [0, 0.1) is 11.6 Å². The Kier molecular flexibility index (Phi) is 1.65. The van der Waals surface area contributed by atoms with Gasteiger partial charge in [0.05, 0.1) is 0 Å². The lowest BCUT2D eigenvalue weighted by atomic mass is 10.0. The quantitative estimate of drug-likeness (QED) is 0.671. The second kappa shape index (κ2) is 2.76. The lowest BCUT2D eigenvalue weighted by Gasteiger charge is -2.20. The van der Waals surface area contributed by atoms with Crippen molar-refractivity contribution in [2.24, 2.45) is 0 Å². The molecule has 1 N–H and O–H groups in total. The Labute approximate surface area is 81.1 Å². The maximum Gasteiger partial charge on any atom is 0.159 e. The smallest absolute Gasteiger partial charge is 0.159 e. The summed E-state index contributed by atoms with van der Waals surface area (Å²) in [5, 5.41) is 3.38. The standard InChI is InChI=1S/C11H11F2N/c12-8-4-6-7(5-9(8)13)11-3-1-2-10(6)14-11/h4-5,10-11,14H,1-3H2. The molecule has 3 rings (SSSR count). The fourth-order valence-corrected chi connectivity index (χ4v) is 2.61. The van der Waals surface area contributed by atoms with Crippen LogP contribution in [0.25, 0.3) is 0 Å². The topological polar surface area (TPSA) is 12.0 Å². The normalized spacial score (nSPS) is 29.0. The Morgan fingerprint density at radius 1 is 1.00 bits per heavy atom. The van der Waals surface area contributed by atoms with E-state index in [2.05, 4.69) is 5.32 Å². The fourth-order valence-electron chi connectivity index (χ4n) is 2.61. The monoisotopic (exact) mass is 195 g/mol. The largest absolute Gasteiger partial charge is 0.303 e. The zero-order chi connectivity index (χ0) is 9.71. The van der Waals surface area contributed by atoms with E-state index in [0.717, 1.165) is 30.4 Å². The van der Waals surface area contributed by atoms with Crippen molar-refractivity contribution in [3.63, 3.8) is 0 Å². The number of hydrogen-bond donors (Lipinski definition) is 1. The van der Waals surface area contributed by atoms with Crippen molar-refractivity contribution in [2.75, 3.05) is 0 Å². The molecule has 0 amide bonds. The summed E-state index contributed by atoms with van der Waals surface area (Å²) in [6, 6.07) is 3.21. The van der Waals surface area contributed by atoms with Gasteiger partial charge in [0.15, 0.2) is 11.6 Å². The minimum absolute atomic E-state index is 0.249. The van der Waals surface area contributed by atoms with Crippen LogP contribution in [-0.4, -0.2) is 0 Å². The van der Waals surface area contributed by atoms with Gasteiger partial charge in [0.1, 0.15) is 0 Å². The third-order valence-electron chi connectivity index (χ3n) is 3.26. The second-order valence-corrected chi connectivity index (χ2v) is 4.10. The number of fused-ring (bicyclic) bond motifs is 5. The third-order valence-corrected chi connectivity index (χ3v) is 3.26. The summed E-state index contributed by atoms with van der Waals surface area (Å²) in [4.78, 5) is 0. The first kappa shape index (κ1) is 8.36. The van der Waals surface area contributed by atoms with E-state index in [4.69, 9.17) is 0 Å². The van der Waals surface area contributed by atoms with Crippen LogP contribution >= 0.6 is 0 Å². The number of rotatable bonds is 0. The zero-order valence-corrected chi connectivity index (χ0v) is 7.69. The van der Waals surface area contributed by atoms with Crippen LogP contribution in [0.4, 0.5) is 8.78 Å². The molecule has 1 saturated heterocycles. The number of piperidine rings is 1. The molecule has 0 spiro atoms. The van der Waals surface area contributed by atoms with Gasteiger partial charge in [-0.05, 0) is 42.5 Å². The van der Waals surface area contributed by atoms with E-state index < -0.39 is 11.6 Å². The van der Waals surface area contributed by atoms with Gasteiger partial charge in [0.2, 0.25) is 0 Å². The summed E-state index contributed by atoms with van der Waals surface area (Å²) in [6.45, 7) is 0. The molecule has 0 aliphatic carbocycles. The van der Waals surface area contributed by atoms with Crippen LogP contribution in [-0.2, 0) is 0 Å². The van der Waals surface area contributed by atoms with Gasteiger partial charge in [-0.15, -0.1) is 0 Å². The Hall–Kier alpha value is -0.960. The van der Waals surface area contributed by atoms with E-state index in [1.807, 2.05) is 0 Å². The van der Waals surface area contributed by atoms with Crippen LogP contribution in [0.5, 0.6) is 0 Å². The second-order valence-electron chi connectivity index (χ2n) is 4.10. The molecule has 1 fully saturated rings. The van der Waals surface area contributed by atoms with Crippen LogP contribution in [0.15, 0.2) is 12.1 Å². The van der Waals surface area contributed by atoms with E-state index in [1.165, 1.54) is 12.1 Å². The lowest BCUT2D eigenvalue weighted by Crippen LogP contribution is -2.22. The first-order valence-electron chi connectivity index (χ1n) is 5.00. The van der Waals surface area contributed by atoms with E-state index in [-0.39, 0.29) is 12.1 Å². The summed E-state index contributed by atoms with van der Waals surface area (Å²) in [5.74, 6) is -1.45. The van der Waals surface area contributed by atoms with Gasteiger partial charge in [-0.3, -0.25) is 0 Å². The summed E-state index contributed by atoms with van der Waals surface area (Å²) in [6.07, 6.45) is 3.21. The van der Waals surface area contributed by atoms with Crippen molar-refractivity contribution < 1.29 is 8.78 Å². The van der Waals surface area contributed by atoms with Crippen molar-refractivity contribution in [3.05, 3.63) is 34.9 Å². The van der Waals surface area contributed by atoms with Gasteiger partial charge in [-0.2, -0.15) is 0 Å². The van der Waals surface area contributed by atoms with Gasteiger partial charge < -0.3 is 5.32 Å². The highest BCUT2D eigenvalue weighted by Crippen LogP contribution is 2.43. The van der Waals surface area contributed by atoms with Crippen LogP contribution in [0.3, 0.4) is 0 Å². The highest BCUT2D eigenvalue weighted by Gasteiger charge is 2.34. The minimum Gasteiger partial charge on any atom is -0.303 e. The van der Waals surface area contributed by atoms with Crippen molar-refractivity contribution in [3.8, 4) is 0 Å². The van der Waals surface area contributed by atoms with Crippen molar-refractivity contribution in [1.29, 1.82) is 0 Å².